The van der Waals surface area contributed by atoms with Gasteiger partial charge < -0.3 is 10.6 Å². The van der Waals surface area contributed by atoms with Crippen molar-refractivity contribution < 1.29 is 0 Å². The van der Waals surface area contributed by atoms with Crippen molar-refractivity contribution in [2.45, 2.75) is 39.4 Å². The van der Waals surface area contributed by atoms with Crippen LogP contribution in [0.15, 0.2) is 53.0 Å². The fourth-order valence-corrected chi connectivity index (χ4v) is 2.99. The molecule has 2 rings (SSSR count). The van der Waals surface area contributed by atoms with E-state index in [1.807, 2.05) is 6.92 Å². The number of rotatable bonds is 5. The molecule has 1 atom stereocenters. The highest BCUT2D eigenvalue weighted by molar-refractivity contribution is 9.10. The zero-order chi connectivity index (χ0) is 15.4. The van der Waals surface area contributed by atoms with Gasteiger partial charge in [0, 0.05) is 23.1 Å². The van der Waals surface area contributed by atoms with Crippen LogP contribution >= 0.6 is 15.9 Å². The lowest BCUT2D eigenvalue weighted by Gasteiger charge is -2.30. The molecule has 0 bridgehead atoms. The Kier molecular flexibility index (Phi) is 5.43. The Morgan fingerprint density at radius 1 is 1.05 bits per heavy atom. The Morgan fingerprint density at radius 2 is 1.71 bits per heavy atom. The Bertz CT molecular complexity index is 579. The van der Waals surface area contributed by atoms with Gasteiger partial charge in [-0.1, -0.05) is 36.4 Å². The van der Waals surface area contributed by atoms with Crippen LogP contribution in [0.25, 0.3) is 0 Å². The molecule has 0 fully saturated rings. The first-order valence-corrected chi connectivity index (χ1v) is 8.14. The molecule has 0 aliphatic rings. The minimum atomic E-state index is 0.0528. The van der Waals surface area contributed by atoms with Gasteiger partial charge in [0.1, 0.15) is 0 Å². The zero-order valence-corrected chi connectivity index (χ0v) is 14.5. The summed E-state index contributed by atoms with van der Waals surface area (Å²) in [6.07, 6.45) is 0. The number of nitrogens with zero attached hydrogens (tertiary/aromatic N) is 1. The summed E-state index contributed by atoms with van der Waals surface area (Å²) in [5, 5.41) is 0. The van der Waals surface area contributed by atoms with Gasteiger partial charge in [-0.3, -0.25) is 0 Å². The van der Waals surface area contributed by atoms with Gasteiger partial charge in [0.15, 0.2) is 0 Å². The van der Waals surface area contributed by atoms with Crippen LogP contribution in [0.2, 0.25) is 0 Å². The van der Waals surface area contributed by atoms with Crippen LogP contribution in [0.5, 0.6) is 0 Å². The number of nitrogens with two attached hydrogens (primary N) is 1. The highest BCUT2D eigenvalue weighted by Crippen LogP contribution is 2.31. The monoisotopic (exact) mass is 346 g/mol. The van der Waals surface area contributed by atoms with Gasteiger partial charge in [-0.2, -0.15) is 0 Å². The van der Waals surface area contributed by atoms with Crippen LogP contribution in [0.3, 0.4) is 0 Å². The lowest BCUT2D eigenvalue weighted by Crippen LogP contribution is -2.30. The molecular formula is C18H23BrN2. The van der Waals surface area contributed by atoms with E-state index in [1.54, 1.807) is 0 Å². The molecule has 0 radical (unpaired) electrons. The fraction of sp³-hybridized carbons (Fsp3) is 0.333. The van der Waals surface area contributed by atoms with Gasteiger partial charge in [0.25, 0.3) is 0 Å². The molecule has 2 N–H and O–H groups in total. The second kappa shape index (κ2) is 7.10. The first-order valence-electron chi connectivity index (χ1n) is 7.34. The molecule has 2 nitrogen and oxygen atoms in total. The average Bonchev–Trinajstić information content (AvgIpc) is 2.46. The third-order valence-corrected chi connectivity index (χ3v) is 4.26. The van der Waals surface area contributed by atoms with Crippen LogP contribution in [0.1, 0.15) is 37.9 Å². The van der Waals surface area contributed by atoms with Crippen LogP contribution in [-0.4, -0.2) is 6.04 Å². The number of hydrogen-bond acceptors (Lipinski definition) is 2. The third-order valence-electron chi connectivity index (χ3n) is 3.63. The Labute approximate surface area is 136 Å². The summed E-state index contributed by atoms with van der Waals surface area (Å²) >= 11 is 3.70. The highest BCUT2D eigenvalue weighted by atomic mass is 79.9. The smallest absolute Gasteiger partial charge is 0.0516 e. The summed E-state index contributed by atoms with van der Waals surface area (Å²) < 4.78 is 1.10. The molecule has 0 heterocycles. The second-order valence-electron chi connectivity index (χ2n) is 5.71. The summed E-state index contributed by atoms with van der Waals surface area (Å²) in [7, 11) is 0. The maximum Gasteiger partial charge on any atom is 0.0516 e. The molecule has 3 heteroatoms. The molecule has 0 unspecified atom stereocenters. The van der Waals surface area contributed by atoms with E-state index >= 15 is 0 Å². The lowest BCUT2D eigenvalue weighted by molar-refractivity contribution is 0.680. The topological polar surface area (TPSA) is 29.3 Å². The number of hydrogen-bond donors (Lipinski definition) is 1. The van der Waals surface area contributed by atoms with E-state index in [9.17, 15) is 0 Å². The van der Waals surface area contributed by atoms with Crippen molar-refractivity contribution in [2.24, 2.45) is 5.73 Å². The maximum absolute atomic E-state index is 5.96. The predicted octanol–water partition coefficient (Wildman–Crippen LogP) is 4.88. The van der Waals surface area contributed by atoms with E-state index in [2.05, 4.69) is 83.2 Å². The fourth-order valence-electron chi connectivity index (χ4n) is 2.37. The first kappa shape index (κ1) is 16.1. The molecular weight excluding hydrogens is 324 g/mol. The molecule has 0 aliphatic carbocycles. The van der Waals surface area contributed by atoms with E-state index in [0.29, 0.717) is 6.04 Å². The van der Waals surface area contributed by atoms with Crippen LogP contribution < -0.4 is 10.6 Å². The van der Waals surface area contributed by atoms with Gasteiger partial charge in [-0.25, -0.2) is 0 Å². The highest BCUT2D eigenvalue weighted by Gasteiger charge is 2.15. The minimum absolute atomic E-state index is 0.0528. The standard InChI is InChI=1S/C18H23BrN2/c1-13(2)21(12-15-7-5-4-6-8-15)18-10-9-16(14(3)20)11-17(18)19/h4-11,13-14H,12,20H2,1-3H3/t14-/m0/s1. The summed E-state index contributed by atoms with van der Waals surface area (Å²) in [5.41, 5.74) is 9.63. The predicted molar refractivity (Wildman–Crippen MR) is 94.5 cm³/mol. The van der Waals surface area contributed by atoms with Gasteiger partial charge in [0.05, 0.1) is 5.69 Å². The quantitative estimate of drug-likeness (QED) is 0.835. The van der Waals surface area contributed by atoms with Gasteiger partial charge in [-0.15, -0.1) is 0 Å². The van der Waals surface area contributed by atoms with E-state index in [4.69, 9.17) is 5.73 Å². The van der Waals surface area contributed by atoms with Crippen LogP contribution in [0, 0.1) is 0 Å². The van der Waals surface area contributed by atoms with Crippen molar-refractivity contribution in [1.29, 1.82) is 0 Å². The van der Waals surface area contributed by atoms with E-state index in [0.717, 1.165) is 16.6 Å². The van der Waals surface area contributed by atoms with Gasteiger partial charge in [0.2, 0.25) is 0 Å². The Morgan fingerprint density at radius 3 is 2.24 bits per heavy atom. The number of halogens is 1. The Hall–Kier alpha value is -1.32. The van der Waals surface area contributed by atoms with Gasteiger partial charge in [-0.05, 0) is 60.0 Å². The molecule has 0 amide bonds. The van der Waals surface area contributed by atoms with Crippen LogP contribution in [0.4, 0.5) is 5.69 Å². The first-order chi connectivity index (χ1) is 9.99. The Balaban J connectivity index is 2.30. The molecule has 2 aromatic rings. The summed E-state index contributed by atoms with van der Waals surface area (Å²) in [4.78, 5) is 2.39. The second-order valence-corrected chi connectivity index (χ2v) is 6.56. The third kappa shape index (κ3) is 4.08. The van der Waals surface area contributed by atoms with E-state index in [-0.39, 0.29) is 6.04 Å². The molecule has 112 valence electrons. The molecule has 0 saturated carbocycles. The van der Waals surface area contributed by atoms with Crippen molar-refractivity contribution in [3.05, 3.63) is 64.1 Å². The van der Waals surface area contributed by atoms with Crippen molar-refractivity contribution >= 4 is 21.6 Å². The molecule has 0 spiro atoms. The average molecular weight is 347 g/mol. The SMILES string of the molecule is CC(C)N(Cc1ccccc1)c1ccc([C@H](C)N)cc1Br. The zero-order valence-electron chi connectivity index (χ0n) is 12.9. The molecule has 21 heavy (non-hydrogen) atoms. The largest absolute Gasteiger partial charge is 0.364 e. The van der Waals surface area contributed by atoms with Crippen LogP contribution in [-0.2, 0) is 6.54 Å². The van der Waals surface area contributed by atoms with E-state index in [1.165, 1.54) is 11.3 Å². The van der Waals surface area contributed by atoms with Gasteiger partial charge >= 0.3 is 0 Å². The van der Waals surface area contributed by atoms with E-state index < -0.39 is 0 Å². The summed E-state index contributed by atoms with van der Waals surface area (Å²) in [6, 6.07) is 17.4. The van der Waals surface area contributed by atoms with Crippen molar-refractivity contribution in [3.8, 4) is 0 Å². The summed E-state index contributed by atoms with van der Waals surface area (Å²) in [5.74, 6) is 0. The molecule has 0 aliphatic heterocycles. The minimum Gasteiger partial charge on any atom is -0.364 e. The number of anilines is 1. The van der Waals surface area contributed by atoms with Crippen molar-refractivity contribution in [3.63, 3.8) is 0 Å². The maximum atomic E-state index is 5.96. The van der Waals surface area contributed by atoms with Crippen molar-refractivity contribution in [1.82, 2.24) is 0 Å². The normalized spacial score (nSPS) is 12.5. The molecule has 0 aromatic heterocycles. The summed E-state index contributed by atoms with van der Waals surface area (Å²) in [6.45, 7) is 7.34. The number of benzene rings is 2. The molecule has 0 saturated heterocycles. The molecule has 2 aromatic carbocycles. The lowest BCUT2D eigenvalue weighted by atomic mass is 10.1. The van der Waals surface area contributed by atoms with Crippen molar-refractivity contribution in [2.75, 3.05) is 4.90 Å².